The number of para-hydroxylation sites is 1. The lowest BCUT2D eigenvalue weighted by molar-refractivity contribution is 0.121. The Kier molecular flexibility index (Phi) is 6.78. The molecule has 6 rings (SSSR count). The predicted molar refractivity (Wildman–Crippen MR) is 137 cm³/mol. The number of anilines is 1. The minimum Gasteiger partial charge on any atom is -0.478 e. The smallest absolute Gasteiger partial charge is 0.161 e. The highest BCUT2D eigenvalue weighted by atomic mass is 16.5. The molecule has 0 spiro atoms. The lowest BCUT2D eigenvalue weighted by Gasteiger charge is -2.31. The van der Waals surface area contributed by atoms with Crippen molar-refractivity contribution in [3.8, 4) is 11.5 Å². The van der Waals surface area contributed by atoms with E-state index in [0.717, 1.165) is 31.0 Å². The number of benzene rings is 4. The van der Waals surface area contributed by atoms with Crippen molar-refractivity contribution in [2.24, 2.45) is 0 Å². The molecular weight excluding hydrogens is 420 g/mol. The van der Waals surface area contributed by atoms with Gasteiger partial charge in [-0.15, -0.1) is 0 Å². The Morgan fingerprint density at radius 3 is 1.76 bits per heavy atom. The normalized spacial score (nSPS) is 14.6. The van der Waals surface area contributed by atoms with Gasteiger partial charge in [0.2, 0.25) is 0 Å². The molecule has 172 valence electrons. The summed E-state index contributed by atoms with van der Waals surface area (Å²) in [4.78, 5) is 4.44. The molecule has 0 fully saturated rings. The first-order chi connectivity index (χ1) is 16.7. The topological polar surface area (TPSA) is 24.9 Å². The van der Waals surface area contributed by atoms with Crippen molar-refractivity contribution >= 4 is 5.69 Å². The van der Waals surface area contributed by atoms with Crippen molar-refractivity contribution in [3.63, 3.8) is 0 Å². The molecule has 0 radical (unpaired) electrons. The maximum atomic E-state index is 5.99. The van der Waals surface area contributed by atoms with Gasteiger partial charge in [0, 0.05) is 29.9 Å². The molecule has 0 aromatic heterocycles. The van der Waals surface area contributed by atoms with E-state index in [1.807, 2.05) is 42.5 Å². The van der Waals surface area contributed by atoms with Gasteiger partial charge in [0.15, 0.2) is 6.73 Å². The van der Waals surface area contributed by atoms with Gasteiger partial charge < -0.3 is 14.4 Å². The van der Waals surface area contributed by atoms with Crippen LogP contribution in [0.15, 0.2) is 103 Å². The Labute approximate surface area is 202 Å². The number of rotatable bonds is 3. The predicted octanol–water partition coefficient (Wildman–Crippen LogP) is 6.10. The number of hydrogen-bond acceptors (Lipinski definition) is 4. The van der Waals surface area contributed by atoms with Gasteiger partial charge in [-0.2, -0.15) is 0 Å². The highest BCUT2D eigenvalue weighted by molar-refractivity contribution is 5.51. The third-order valence-corrected chi connectivity index (χ3v) is 6.06. The Balaban J connectivity index is 0.000000351. The van der Waals surface area contributed by atoms with Gasteiger partial charge in [-0.3, -0.25) is 4.90 Å². The van der Waals surface area contributed by atoms with E-state index in [1.54, 1.807) is 0 Å². The van der Waals surface area contributed by atoms with Gasteiger partial charge in [0.25, 0.3) is 0 Å². The fourth-order valence-electron chi connectivity index (χ4n) is 4.35. The van der Waals surface area contributed by atoms with Gasteiger partial charge in [-0.05, 0) is 54.9 Å². The van der Waals surface area contributed by atoms with Crippen LogP contribution in [0.25, 0.3) is 0 Å². The Bertz CT molecular complexity index is 1180. The molecule has 4 nitrogen and oxygen atoms in total. The maximum absolute atomic E-state index is 5.99. The van der Waals surface area contributed by atoms with Crippen LogP contribution in [-0.2, 0) is 19.5 Å². The summed E-state index contributed by atoms with van der Waals surface area (Å²) in [6.45, 7) is 3.06. The Hall–Kier alpha value is -3.76. The van der Waals surface area contributed by atoms with E-state index in [9.17, 15) is 0 Å². The standard InChI is InChI=1S/C24H24N2O2.C6H6/c1-25-14-20-12-18(7-9-23(20)27-16-25)11-19-8-10-24-21(13-19)15-26(17-28-24)22-5-3-2-4-6-22;1-2-4-6-5-3-1/h2-10,12-13H,11,14-17H2,1H3;1-6H. The van der Waals surface area contributed by atoms with Crippen LogP contribution in [0.3, 0.4) is 0 Å². The zero-order chi connectivity index (χ0) is 23.2. The molecule has 34 heavy (non-hydrogen) atoms. The van der Waals surface area contributed by atoms with E-state index in [-0.39, 0.29) is 0 Å². The lowest BCUT2D eigenvalue weighted by Crippen LogP contribution is -2.31. The fraction of sp³-hybridized carbons (Fsp3) is 0.200. The molecule has 0 aliphatic carbocycles. The van der Waals surface area contributed by atoms with E-state index in [4.69, 9.17) is 9.47 Å². The number of ether oxygens (including phenoxy) is 2. The average molecular weight is 451 g/mol. The summed E-state index contributed by atoms with van der Waals surface area (Å²) in [7, 11) is 2.08. The van der Waals surface area contributed by atoms with Crippen LogP contribution < -0.4 is 14.4 Å². The molecule has 0 unspecified atom stereocenters. The molecule has 2 aliphatic heterocycles. The van der Waals surface area contributed by atoms with Crippen molar-refractivity contribution in [2.45, 2.75) is 19.5 Å². The first-order valence-corrected chi connectivity index (χ1v) is 11.7. The molecular formula is C30H30N2O2. The highest BCUT2D eigenvalue weighted by Crippen LogP contribution is 2.31. The van der Waals surface area contributed by atoms with E-state index in [1.165, 1.54) is 27.9 Å². The van der Waals surface area contributed by atoms with Crippen LogP contribution in [0.5, 0.6) is 11.5 Å². The van der Waals surface area contributed by atoms with Crippen LogP contribution in [0, 0.1) is 0 Å². The van der Waals surface area contributed by atoms with Crippen LogP contribution >= 0.6 is 0 Å². The summed E-state index contributed by atoms with van der Waals surface area (Å²) in [5.41, 5.74) is 6.32. The third-order valence-electron chi connectivity index (χ3n) is 6.06. The second-order valence-electron chi connectivity index (χ2n) is 8.81. The van der Waals surface area contributed by atoms with Crippen LogP contribution in [0.1, 0.15) is 22.3 Å². The Morgan fingerprint density at radius 1 is 0.618 bits per heavy atom. The molecule has 0 saturated heterocycles. The summed E-state index contributed by atoms with van der Waals surface area (Å²) in [5, 5.41) is 0. The molecule has 4 aromatic rings. The number of nitrogens with zero attached hydrogens (tertiary/aromatic N) is 2. The quantitative estimate of drug-likeness (QED) is 0.376. The van der Waals surface area contributed by atoms with Crippen LogP contribution in [0.2, 0.25) is 0 Å². The van der Waals surface area contributed by atoms with Crippen LogP contribution in [0.4, 0.5) is 5.69 Å². The number of fused-ring (bicyclic) bond motifs is 2. The summed E-state index contributed by atoms with van der Waals surface area (Å²) in [5.74, 6) is 2.01. The molecule has 4 heteroatoms. The second-order valence-corrected chi connectivity index (χ2v) is 8.81. The van der Waals surface area contributed by atoms with Gasteiger partial charge in [0.1, 0.15) is 18.2 Å². The summed E-state index contributed by atoms with van der Waals surface area (Å²) >= 11 is 0. The number of hydrogen-bond donors (Lipinski definition) is 0. The van der Waals surface area contributed by atoms with Crippen LogP contribution in [-0.4, -0.2) is 25.4 Å². The molecule has 2 aliphatic rings. The zero-order valence-corrected chi connectivity index (χ0v) is 19.6. The lowest BCUT2D eigenvalue weighted by atomic mass is 9.99. The van der Waals surface area contributed by atoms with Crippen molar-refractivity contribution in [1.82, 2.24) is 4.90 Å². The van der Waals surface area contributed by atoms with Gasteiger partial charge in [0.05, 0.1) is 0 Å². The molecule has 4 aromatic carbocycles. The molecule has 0 N–H and O–H groups in total. The first-order valence-electron chi connectivity index (χ1n) is 11.7. The molecule has 0 bridgehead atoms. The largest absolute Gasteiger partial charge is 0.478 e. The van der Waals surface area contributed by atoms with E-state index in [0.29, 0.717) is 13.5 Å². The highest BCUT2D eigenvalue weighted by Gasteiger charge is 2.18. The van der Waals surface area contributed by atoms with Crippen molar-refractivity contribution in [1.29, 1.82) is 0 Å². The summed E-state index contributed by atoms with van der Waals surface area (Å²) in [6.07, 6.45) is 0.912. The fourth-order valence-corrected chi connectivity index (χ4v) is 4.35. The molecule has 0 saturated carbocycles. The summed E-state index contributed by atoms with van der Waals surface area (Å²) in [6, 6.07) is 35.6. The van der Waals surface area contributed by atoms with Crippen molar-refractivity contribution in [2.75, 3.05) is 25.4 Å². The van der Waals surface area contributed by atoms with Crippen molar-refractivity contribution < 1.29 is 9.47 Å². The molecule has 2 heterocycles. The Morgan fingerprint density at radius 2 is 1.15 bits per heavy atom. The second kappa shape index (κ2) is 10.4. The van der Waals surface area contributed by atoms with E-state index >= 15 is 0 Å². The van der Waals surface area contributed by atoms with Gasteiger partial charge in [-0.1, -0.05) is 72.8 Å². The zero-order valence-electron chi connectivity index (χ0n) is 19.6. The van der Waals surface area contributed by atoms with E-state index in [2.05, 4.69) is 77.5 Å². The van der Waals surface area contributed by atoms with Gasteiger partial charge >= 0.3 is 0 Å². The molecule has 0 amide bonds. The van der Waals surface area contributed by atoms with Crippen molar-refractivity contribution in [3.05, 3.63) is 125 Å². The minimum absolute atomic E-state index is 0.592. The summed E-state index contributed by atoms with van der Waals surface area (Å²) < 4.78 is 11.8. The van der Waals surface area contributed by atoms with E-state index < -0.39 is 0 Å². The average Bonchev–Trinajstić information content (AvgIpc) is 2.90. The SMILES string of the molecule is CN1COc2ccc(Cc3ccc4c(c3)CN(c3ccccc3)CO4)cc2C1.c1ccccc1. The third kappa shape index (κ3) is 5.41. The van der Waals surface area contributed by atoms with Gasteiger partial charge in [-0.25, -0.2) is 0 Å². The first kappa shape index (κ1) is 22.1. The monoisotopic (exact) mass is 450 g/mol. The minimum atomic E-state index is 0.592. The maximum Gasteiger partial charge on any atom is 0.161 e. The molecule has 0 atom stereocenters.